The van der Waals surface area contributed by atoms with E-state index in [1.54, 1.807) is 12.4 Å². The molecule has 1 saturated heterocycles. The molecule has 0 bridgehead atoms. The number of aryl methyl sites for hydroxylation is 1. The van der Waals surface area contributed by atoms with Crippen LogP contribution in [-0.4, -0.2) is 59.4 Å². The normalized spacial score (nSPS) is 15.1. The van der Waals surface area contributed by atoms with Crippen LogP contribution < -0.4 is 0 Å². The summed E-state index contributed by atoms with van der Waals surface area (Å²) in [6, 6.07) is 11.9. The molecule has 0 saturated carbocycles. The third-order valence-electron chi connectivity index (χ3n) is 6.12. The van der Waals surface area contributed by atoms with Gasteiger partial charge in [0.05, 0.1) is 16.8 Å². The van der Waals surface area contributed by atoms with Gasteiger partial charge in [-0.25, -0.2) is 4.98 Å². The number of para-hydroxylation sites is 1. The van der Waals surface area contributed by atoms with E-state index in [1.165, 1.54) is 6.42 Å². The van der Waals surface area contributed by atoms with Crippen LogP contribution in [0.25, 0.3) is 22.2 Å². The number of nitrogens with zero attached hydrogens (tertiary/aromatic N) is 4. The molecule has 0 N–H and O–H groups in total. The number of amides is 1. The molecule has 0 aliphatic carbocycles. The molecule has 0 atom stereocenters. The van der Waals surface area contributed by atoms with Crippen LogP contribution in [-0.2, 0) is 0 Å². The molecular formula is C25H30N4O. The molecule has 2 aromatic heterocycles. The highest BCUT2D eigenvalue weighted by molar-refractivity contribution is 6.07. The van der Waals surface area contributed by atoms with Crippen LogP contribution in [0.5, 0.6) is 0 Å². The van der Waals surface area contributed by atoms with Crippen LogP contribution in [0.3, 0.4) is 0 Å². The van der Waals surface area contributed by atoms with Gasteiger partial charge in [0.1, 0.15) is 0 Å². The molecule has 4 rings (SSSR count). The summed E-state index contributed by atoms with van der Waals surface area (Å²) in [7, 11) is 4.24. The van der Waals surface area contributed by atoms with Crippen LogP contribution in [0.15, 0.2) is 48.8 Å². The predicted octanol–water partition coefficient (Wildman–Crippen LogP) is 4.41. The van der Waals surface area contributed by atoms with E-state index >= 15 is 0 Å². The molecule has 1 fully saturated rings. The molecule has 5 nitrogen and oxygen atoms in total. The molecule has 1 aliphatic rings. The highest BCUT2D eigenvalue weighted by Crippen LogP contribution is 2.29. The molecule has 3 heterocycles. The first-order valence-electron chi connectivity index (χ1n) is 10.8. The molecule has 0 spiro atoms. The number of hydrogen-bond acceptors (Lipinski definition) is 4. The highest BCUT2D eigenvalue weighted by Gasteiger charge is 2.25. The Morgan fingerprint density at radius 3 is 2.67 bits per heavy atom. The summed E-state index contributed by atoms with van der Waals surface area (Å²) >= 11 is 0. The van der Waals surface area contributed by atoms with E-state index in [0.717, 1.165) is 65.8 Å². The number of fused-ring (bicyclic) bond motifs is 1. The molecule has 1 amide bonds. The van der Waals surface area contributed by atoms with E-state index in [0.29, 0.717) is 5.92 Å². The summed E-state index contributed by atoms with van der Waals surface area (Å²) in [4.78, 5) is 26.9. The van der Waals surface area contributed by atoms with Crippen LogP contribution >= 0.6 is 0 Å². The van der Waals surface area contributed by atoms with Gasteiger partial charge in [0, 0.05) is 36.4 Å². The number of rotatable bonds is 5. The van der Waals surface area contributed by atoms with Crippen molar-refractivity contribution in [1.29, 1.82) is 0 Å². The fourth-order valence-electron chi connectivity index (χ4n) is 4.27. The van der Waals surface area contributed by atoms with Gasteiger partial charge in [-0.3, -0.25) is 9.78 Å². The number of carbonyl (C=O) groups is 1. The van der Waals surface area contributed by atoms with Crippen LogP contribution in [0.2, 0.25) is 0 Å². The summed E-state index contributed by atoms with van der Waals surface area (Å²) in [6.07, 6.45) is 6.92. The minimum Gasteiger partial charge on any atom is -0.339 e. The molecule has 156 valence electrons. The van der Waals surface area contributed by atoms with Crippen LogP contribution in [0.1, 0.15) is 35.2 Å². The standard InChI is InChI=1S/C25H30N4O/c1-18-6-4-8-21-22(16-23(27-24(18)21)20-7-5-12-26-17-20)25(30)29-14-10-19(11-15-29)9-13-28(2)3/h4-8,12,16-17,19H,9-11,13-15H2,1-3H3. The van der Waals surface area contributed by atoms with Crippen molar-refractivity contribution in [2.75, 3.05) is 33.7 Å². The average molecular weight is 403 g/mol. The maximum atomic E-state index is 13.6. The molecule has 30 heavy (non-hydrogen) atoms. The van der Waals surface area contributed by atoms with E-state index in [9.17, 15) is 4.79 Å². The van der Waals surface area contributed by atoms with Gasteiger partial charge < -0.3 is 9.80 Å². The van der Waals surface area contributed by atoms with Crippen molar-refractivity contribution in [3.8, 4) is 11.3 Å². The van der Waals surface area contributed by atoms with Crippen molar-refractivity contribution < 1.29 is 4.79 Å². The second-order valence-electron chi connectivity index (χ2n) is 8.60. The predicted molar refractivity (Wildman–Crippen MR) is 122 cm³/mol. The zero-order valence-corrected chi connectivity index (χ0v) is 18.1. The maximum absolute atomic E-state index is 13.6. The minimum absolute atomic E-state index is 0.115. The minimum atomic E-state index is 0.115. The molecule has 0 radical (unpaired) electrons. The van der Waals surface area contributed by atoms with Crippen molar-refractivity contribution in [2.45, 2.75) is 26.2 Å². The van der Waals surface area contributed by atoms with Crippen molar-refractivity contribution in [2.24, 2.45) is 5.92 Å². The first-order valence-corrected chi connectivity index (χ1v) is 10.8. The Morgan fingerprint density at radius 2 is 1.97 bits per heavy atom. The fourth-order valence-corrected chi connectivity index (χ4v) is 4.27. The molecular weight excluding hydrogens is 372 g/mol. The lowest BCUT2D eigenvalue weighted by molar-refractivity contribution is 0.0685. The van der Waals surface area contributed by atoms with E-state index in [2.05, 4.69) is 24.0 Å². The van der Waals surface area contributed by atoms with E-state index in [4.69, 9.17) is 4.98 Å². The molecule has 3 aromatic rings. The first-order chi connectivity index (χ1) is 14.5. The summed E-state index contributed by atoms with van der Waals surface area (Å²) in [5.41, 5.74) is 4.44. The van der Waals surface area contributed by atoms with Crippen molar-refractivity contribution in [3.63, 3.8) is 0 Å². The Bertz CT molecular complexity index is 1020. The van der Waals surface area contributed by atoms with Gasteiger partial charge in [-0.15, -0.1) is 0 Å². The van der Waals surface area contributed by atoms with Crippen LogP contribution in [0, 0.1) is 12.8 Å². The number of carbonyl (C=O) groups excluding carboxylic acids is 1. The Hall–Kier alpha value is -2.79. The van der Waals surface area contributed by atoms with Crippen molar-refractivity contribution >= 4 is 16.8 Å². The fraction of sp³-hybridized carbons (Fsp3) is 0.400. The van der Waals surface area contributed by atoms with Gasteiger partial charge in [0.2, 0.25) is 0 Å². The largest absolute Gasteiger partial charge is 0.339 e. The molecule has 0 unspecified atom stereocenters. The number of hydrogen-bond donors (Lipinski definition) is 0. The van der Waals surface area contributed by atoms with Crippen molar-refractivity contribution in [3.05, 3.63) is 59.9 Å². The smallest absolute Gasteiger partial charge is 0.254 e. The van der Waals surface area contributed by atoms with E-state index in [1.807, 2.05) is 48.2 Å². The summed E-state index contributed by atoms with van der Waals surface area (Å²) in [5.74, 6) is 0.822. The third kappa shape index (κ3) is 4.36. The number of piperidine rings is 1. The van der Waals surface area contributed by atoms with E-state index in [-0.39, 0.29) is 5.91 Å². The second-order valence-corrected chi connectivity index (χ2v) is 8.60. The second kappa shape index (κ2) is 8.92. The molecule has 5 heteroatoms. The topological polar surface area (TPSA) is 49.3 Å². The monoisotopic (exact) mass is 402 g/mol. The Labute approximate surface area is 178 Å². The third-order valence-corrected chi connectivity index (χ3v) is 6.12. The Morgan fingerprint density at radius 1 is 1.17 bits per heavy atom. The quantitative estimate of drug-likeness (QED) is 0.634. The first kappa shape index (κ1) is 20.5. The zero-order valence-electron chi connectivity index (χ0n) is 18.1. The SMILES string of the molecule is Cc1cccc2c(C(=O)N3CCC(CCN(C)C)CC3)cc(-c3cccnc3)nc12. The number of benzene rings is 1. The van der Waals surface area contributed by atoms with E-state index < -0.39 is 0 Å². The van der Waals surface area contributed by atoms with Gasteiger partial charge in [-0.1, -0.05) is 18.2 Å². The summed E-state index contributed by atoms with van der Waals surface area (Å²) in [6.45, 7) is 4.82. The van der Waals surface area contributed by atoms with Gasteiger partial charge in [0.15, 0.2) is 0 Å². The zero-order chi connectivity index (χ0) is 21.1. The van der Waals surface area contributed by atoms with Gasteiger partial charge >= 0.3 is 0 Å². The lowest BCUT2D eigenvalue weighted by atomic mass is 9.92. The molecule has 1 aliphatic heterocycles. The number of pyridine rings is 2. The van der Waals surface area contributed by atoms with Crippen LogP contribution in [0.4, 0.5) is 0 Å². The Balaban J connectivity index is 1.63. The van der Waals surface area contributed by atoms with Gasteiger partial charge in [-0.2, -0.15) is 0 Å². The number of likely N-dealkylation sites (tertiary alicyclic amines) is 1. The maximum Gasteiger partial charge on any atom is 0.254 e. The highest BCUT2D eigenvalue weighted by atomic mass is 16.2. The molecule has 1 aromatic carbocycles. The summed E-state index contributed by atoms with van der Waals surface area (Å²) < 4.78 is 0. The van der Waals surface area contributed by atoms with Crippen molar-refractivity contribution in [1.82, 2.24) is 19.8 Å². The number of aromatic nitrogens is 2. The Kier molecular flexibility index (Phi) is 6.09. The van der Waals surface area contributed by atoms with Gasteiger partial charge in [0.25, 0.3) is 5.91 Å². The summed E-state index contributed by atoms with van der Waals surface area (Å²) in [5, 5.41) is 0.933. The van der Waals surface area contributed by atoms with Gasteiger partial charge in [-0.05, 0) is 76.5 Å². The average Bonchev–Trinajstić information content (AvgIpc) is 2.78. The lowest BCUT2D eigenvalue weighted by Crippen LogP contribution is -2.39. The lowest BCUT2D eigenvalue weighted by Gasteiger charge is -2.33.